The van der Waals surface area contributed by atoms with Gasteiger partial charge in [-0.05, 0) is 45.6 Å². The molecule has 1 fully saturated rings. The summed E-state index contributed by atoms with van der Waals surface area (Å²) in [5.74, 6) is -2.67. The van der Waals surface area contributed by atoms with Crippen LogP contribution in [-0.4, -0.2) is 69.8 Å². The standard InChI is InChI=1S/C30H46ClN5O7S/c1-19(43-30(2,3)4)24(34-29(41)42-18-21-13-9-6-10-14-21)27(39)33-22(17-20-11-7-5-8-12-20)26(38)35-36(16-15-23(32)37)28(40)25(31)44/h6,9-10,13-14,19-20,22,24-25,44H,5,7-8,11-12,15-18H2,1-4H3,(H2,32,37)(H,33,39)(H,34,41)(H,35,38)/t19-,22+,24+,25+/m1/s1. The van der Waals surface area contributed by atoms with Gasteiger partial charge < -0.3 is 25.8 Å². The SMILES string of the molecule is C[C@@H](OC(C)(C)C)[C@H](NC(=O)OCc1ccccc1)C(=O)N[C@@H](CC1CCCCC1)C(=O)NN(CCC(N)=O)C(=O)[C@H](S)Cl. The van der Waals surface area contributed by atoms with Crippen LogP contribution >= 0.6 is 24.2 Å². The van der Waals surface area contributed by atoms with Gasteiger partial charge in [-0.3, -0.25) is 29.6 Å². The van der Waals surface area contributed by atoms with Crippen LogP contribution in [0.5, 0.6) is 0 Å². The van der Waals surface area contributed by atoms with Crippen LogP contribution < -0.4 is 21.8 Å². The first kappa shape index (κ1) is 37.2. The number of alkyl halides is 1. The van der Waals surface area contributed by atoms with E-state index < -0.39 is 58.2 Å². The topological polar surface area (TPSA) is 169 Å². The third-order valence-electron chi connectivity index (χ3n) is 7.00. The van der Waals surface area contributed by atoms with Crippen molar-refractivity contribution in [2.24, 2.45) is 11.7 Å². The monoisotopic (exact) mass is 655 g/mol. The largest absolute Gasteiger partial charge is 0.445 e. The molecule has 0 radical (unpaired) electrons. The zero-order chi connectivity index (χ0) is 32.9. The second-order valence-corrected chi connectivity index (χ2v) is 13.2. The van der Waals surface area contributed by atoms with Crippen molar-refractivity contribution in [3.63, 3.8) is 0 Å². The van der Waals surface area contributed by atoms with Gasteiger partial charge in [-0.25, -0.2) is 4.79 Å². The number of ether oxygens (including phenoxy) is 2. The predicted octanol–water partition coefficient (Wildman–Crippen LogP) is 3.17. The second kappa shape index (κ2) is 18.1. The molecule has 12 nitrogen and oxygen atoms in total. The number of hydrogen-bond acceptors (Lipinski definition) is 8. The maximum Gasteiger partial charge on any atom is 0.408 e. The number of rotatable bonds is 14. The van der Waals surface area contributed by atoms with E-state index in [4.69, 9.17) is 26.8 Å². The van der Waals surface area contributed by atoms with Crippen molar-refractivity contribution in [1.29, 1.82) is 0 Å². The average Bonchev–Trinajstić information content (AvgIpc) is 2.96. The van der Waals surface area contributed by atoms with E-state index >= 15 is 0 Å². The van der Waals surface area contributed by atoms with E-state index in [9.17, 15) is 24.0 Å². The molecule has 44 heavy (non-hydrogen) atoms. The number of carbonyl (C=O) groups excluding carboxylic acids is 5. The zero-order valence-electron chi connectivity index (χ0n) is 25.8. The van der Waals surface area contributed by atoms with E-state index in [-0.39, 0.29) is 25.5 Å². The van der Waals surface area contributed by atoms with Gasteiger partial charge in [0, 0.05) is 6.42 Å². The number of primary amides is 1. The number of hydrogen-bond donors (Lipinski definition) is 5. The van der Waals surface area contributed by atoms with Crippen molar-refractivity contribution in [3.05, 3.63) is 35.9 Å². The first-order valence-electron chi connectivity index (χ1n) is 14.8. The van der Waals surface area contributed by atoms with Crippen LogP contribution in [0.15, 0.2) is 30.3 Å². The van der Waals surface area contributed by atoms with E-state index in [0.717, 1.165) is 42.7 Å². The number of halogens is 1. The first-order chi connectivity index (χ1) is 20.7. The lowest BCUT2D eigenvalue weighted by Crippen LogP contribution is -2.60. The Morgan fingerprint density at radius 1 is 1.05 bits per heavy atom. The molecule has 5 N–H and O–H groups in total. The lowest BCUT2D eigenvalue weighted by molar-refractivity contribution is -0.143. The molecule has 2 rings (SSSR count). The van der Waals surface area contributed by atoms with Crippen LogP contribution in [-0.2, 0) is 35.3 Å². The quantitative estimate of drug-likeness (QED) is 0.116. The molecule has 0 aromatic heterocycles. The molecule has 1 aromatic carbocycles. The average molecular weight is 656 g/mol. The summed E-state index contributed by atoms with van der Waals surface area (Å²) in [4.78, 5) is 64.2. The number of benzene rings is 1. The maximum absolute atomic E-state index is 13.8. The Balaban J connectivity index is 2.27. The number of hydrazine groups is 1. The molecule has 0 spiro atoms. The van der Waals surface area contributed by atoms with Crippen LogP contribution in [0.2, 0.25) is 0 Å². The molecular formula is C30H46ClN5O7S. The number of nitrogens with one attached hydrogen (secondary N) is 3. The molecule has 0 bridgehead atoms. The molecule has 4 atom stereocenters. The summed E-state index contributed by atoms with van der Waals surface area (Å²) in [6.07, 6.45) is 3.25. The summed E-state index contributed by atoms with van der Waals surface area (Å²) < 4.78 is 10.1. The Hall–Kier alpha value is -3.03. The molecular weight excluding hydrogens is 610 g/mol. The molecule has 0 aliphatic heterocycles. The first-order valence-corrected chi connectivity index (χ1v) is 15.8. The van der Waals surface area contributed by atoms with E-state index in [1.54, 1.807) is 19.1 Å². The van der Waals surface area contributed by atoms with Gasteiger partial charge in [0.05, 0.1) is 18.2 Å². The summed E-state index contributed by atoms with van der Waals surface area (Å²) in [5.41, 5.74) is 7.83. The fourth-order valence-corrected chi connectivity index (χ4v) is 5.20. The van der Waals surface area contributed by atoms with Crippen molar-refractivity contribution < 1.29 is 33.4 Å². The molecule has 1 aromatic rings. The van der Waals surface area contributed by atoms with Crippen molar-refractivity contribution in [2.75, 3.05) is 6.54 Å². The minimum absolute atomic E-state index is 0.00981. The predicted molar refractivity (Wildman–Crippen MR) is 169 cm³/mol. The lowest BCUT2D eigenvalue weighted by Gasteiger charge is -2.33. The number of alkyl carbamates (subject to hydrolysis) is 1. The van der Waals surface area contributed by atoms with Crippen LogP contribution in [0, 0.1) is 5.92 Å². The maximum atomic E-state index is 13.8. The fourth-order valence-electron chi connectivity index (χ4n) is 4.95. The van der Waals surface area contributed by atoms with Crippen molar-refractivity contribution in [2.45, 2.75) is 108 Å². The summed E-state index contributed by atoms with van der Waals surface area (Å²) in [5, 5.41) is 6.23. The Morgan fingerprint density at radius 3 is 2.25 bits per heavy atom. The van der Waals surface area contributed by atoms with Crippen molar-refractivity contribution in [1.82, 2.24) is 21.1 Å². The van der Waals surface area contributed by atoms with Gasteiger partial charge in [-0.2, -0.15) is 12.6 Å². The van der Waals surface area contributed by atoms with E-state index in [1.165, 1.54) is 0 Å². The van der Waals surface area contributed by atoms with Gasteiger partial charge in [-0.1, -0.05) is 62.4 Å². The summed E-state index contributed by atoms with van der Waals surface area (Å²) in [6, 6.07) is 6.76. The van der Waals surface area contributed by atoms with Gasteiger partial charge in [0.15, 0.2) is 4.71 Å². The molecule has 0 unspecified atom stereocenters. The van der Waals surface area contributed by atoms with E-state index in [0.29, 0.717) is 6.42 Å². The Kier molecular flexibility index (Phi) is 15.3. The molecule has 1 aliphatic carbocycles. The minimum Gasteiger partial charge on any atom is -0.445 e. The molecule has 0 saturated heterocycles. The highest BCUT2D eigenvalue weighted by Crippen LogP contribution is 2.27. The smallest absolute Gasteiger partial charge is 0.408 e. The van der Waals surface area contributed by atoms with Crippen LogP contribution in [0.3, 0.4) is 0 Å². The number of amides is 5. The van der Waals surface area contributed by atoms with Crippen molar-refractivity contribution >= 4 is 54.0 Å². The van der Waals surface area contributed by atoms with Gasteiger partial charge in [-0.15, -0.1) is 11.6 Å². The number of thiol groups is 1. The third-order valence-corrected chi connectivity index (χ3v) is 7.41. The molecule has 1 aliphatic rings. The van der Waals surface area contributed by atoms with Crippen LogP contribution in [0.4, 0.5) is 4.79 Å². The summed E-state index contributed by atoms with van der Waals surface area (Å²) >= 11 is 9.79. The Morgan fingerprint density at radius 2 is 1.68 bits per heavy atom. The van der Waals surface area contributed by atoms with Gasteiger partial charge in [0.1, 0.15) is 18.7 Å². The highest BCUT2D eigenvalue weighted by molar-refractivity contribution is 7.83. The second-order valence-electron chi connectivity index (χ2n) is 11.9. The summed E-state index contributed by atoms with van der Waals surface area (Å²) in [7, 11) is 0. The third kappa shape index (κ3) is 13.7. The highest BCUT2D eigenvalue weighted by Gasteiger charge is 2.35. The Labute approximate surface area is 269 Å². The normalized spacial score (nSPS) is 16.5. The molecule has 246 valence electrons. The Bertz CT molecular complexity index is 1110. The molecule has 0 heterocycles. The van der Waals surface area contributed by atoms with Gasteiger partial charge >= 0.3 is 6.09 Å². The number of nitrogens with zero attached hydrogens (tertiary/aromatic N) is 1. The lowest BCUT2D eigenvalue weighted by atomic mass is 9.84. The molecule has 5 amide bonds. The molecule has 14 heteroatoms. The fraction of sp³-hybridized carbons (Fsp3) is 0.633. The highest BCUT2D eigenvalue weighted by atomic mass is 35.5. The van der Waals surface area contributed by atoms with Crippen LogP contribution in [0.1, 0.15) is 78.2 Å². The van der Waals surface area contributed by atoms with Gasteiger partial charge in [0.25, 0.3) is 11.8 Å². The van der Waals surface area contributed by atoms with Crippen LogP contribution in [0.25, 0.3) is 0 Å². The van der Waals surface area contributed by atoms with E-state index in [2.05, 4.69) is 28.7 Å². The minimum atomic E-state index is -1.29. The zero-order valence-corrected chi connectivity index (χ0v) is 27.5. The van der Waals surface area contributed by atoms with Gasteiger partial charge in [0.2, 0.25) is 11.8 Å². The summed E-state index contributed by atoms with van der Waals surface area (Å²) in [6.45, 7) is 6.84. The number of nitrogens with two attached hydrogens (primary N) is 1. The van der Waals surface area contributed by atoms with E-state index in [1.807, 2.05) is 39.0 Å². The number of carbonyl (C=O) groups is 5. The molecule has 1 saturated carbocycles. The van der Waals surface area contributed by atoms with Crippen molar-refractivity contribution in [3.8, 4) is 0 Å².